The summed E-state index contributed by atoms with van der Waals surface area (Å²) in [4.78, 5) is 22.3. The minimum Gasteiger partial charge on any atom is -0.481 e. The van der Waals surface area contributed by atoms with Crippen molar-refractivity contribution in [1.29, 1.82) is 0 Å². The zero-order valence-corrected chi connectivity index (χ0v) is 8.18. The summed E-state index contributed by atoms with van der Waals surface area (Å²) >= 11 is 0. The van der Waals surface area contributed by atoms with E-state index in [2.05, 4.69) is 0 Å². The van der Waals surface area contributed by atoms with E-state index >= 15 is 0 Å². The molecular weight excluding hydrogens is 198 g/mol. The van der Waals surface area contributed by atoms with Gasteiger partial charge in [-0.25, -0.2) is 0 Å². The summed E-state index contributed by atoms with van der Waals surface area (Å²) in [6.45, 7) is 0.252. The Hall–Kier alpha value is -1.62. The van der Waals surface area contributed by atoms with Crippen LogP contribution in [-0.4, -0.2) is 23.4 Å². The predicted octanol–water partition coefficient (Wildman–Crippen LogP) is 0.902. The largest absolute Gasteiger partial charge is 0.481 e. The van der Waals surface area contributed by atoms with E-state index in [9.17, 15) is 9.59 Å². The predicted molar refractivity (Wildman–Crippen MR) is 52.5 cm³/mol. The molecule has 0 fully saturated rings. The van der Waals surface area contributed by atoms with Crippen LogP contribution in [0, 0.1) is 5.92 Å². The van der Waals surface area contributed by atoms with E-state index in [0.717, 1.165) is 0 Å². The van der Waals surface area contributed by atoms with Gasteiger partial charge in [-0.15, -0.1) is 0 Å². The number of carboxylic acids is 1. The molecule has 15 heavy (non-hydrogen) atoms. The van der Waals surface area contributed by atoms with Crippen LogP contribution >= 0.6 is 0 Å². The molecule has 1 aromatic rings. The van der Waals surface area contributed by atoms with E-state index in [1.807, 2.05) is 0 Å². The molecule has 1 aromatic heterocycles. The third kappa shape index (κ3) is 3.21. The standard InChI is InChI=1S/C10H13NO4/c11-4-3-7(10(13)14)6-8(12)9-2-1-5-15-9/h1-2,5,7H,3-4,6,11H2,(H,13,14). The Morgan fingerprint density at radius 3 is 2.73 bits per heavy atom. The van der Waals surface area contributed by atoms with Gasteiger partial charge >= 0.3 is 5.97 Å². The fourth-order valence-electron chi connectivity index (χ4n) is 1.28. The molecule has 1 heterocycles. The molecule has 5 heteroatoms. The van der Waals surface area contributed by atoms with Gasteiger partial charge in [-0.3, -0.25) is 9.59 Å². The summed E-state index contributed by atoms with van der Waals surface area (Å²) in [5.41, 5.74) is 5.26. The Labute approximate surface area is 86.9 Å². The number of nitrogens with two attached hydrogens (primary N) is 1. The number of ketones is 1. The highest BCUT2D eigenvalue weighted by Gasteiger charge is 2.22. The first-order chi connectivity index (χ1) is 7.15. The first kappa shape index (κ1) is 11.5. The maximum absolute atomic E-state index is 11.5. The lowest BCUT2D eigenvalue weighted by atomic mass is 9.98. The molecule has 3 N–H and O–H groups in total. The minimum atomic E-state index is -1.000. The second-order valence-corrected chi connectivity index (χ2v) is 3.22. The molecule has 1 rings (SSSR count). The van der Waals surface area contributed by atoms with E-state index < -0.39 is 11.9 Å². The van der Waals surface area contributed by atoms with Crippen molar-refractivity contribution in [1.82, 2.24) is 0 Å². The first-order valence-electron chi connectivity index (χ1n) is 4.64. The number of aliphatic carboxylic acids is 1. The van der Waals surface area contributed by atoms with Gasteiger partial charge in [-0.05, 0) is 25.1 Å². The second-order valence-electron chi connectivity index (χ2n) is 3.22. The van der Waals surface area contributed by atoms with Gasteiger partial charge in [0.15, 0.2) is 11.5 Å². The molecule has 0 saturated heterocycles. The van der Waals surface area contributed by atoms with Crippen LogP contribution in [0.2, 0.25) is 0 Å². The Kier molecular flexibility index (Phi) is 4.05. The number of Topliss-reactive ketones (excluding diaryl/α,β-unsaturated/α-hetero) is 1. The quantitative estimate of drug-likeness (QED) is 0.682. The van der Waals surface area contributed by atoms with Crippen LogP contribution in [0.4, 0.5) is 0 Å². The topological polar surface area (TPSA) is 93.5 Å². The SMILES string of the molecule is NCCC(CC(=O)c1ccco1)C(=O)O. The lowest BCUT2D eigenvalue weighted by Crippen LogP contribution is -2.21. The van der Waals surface area contributed by atoms with Crippen LogP contribution < -0.4 is 5.73 Å². The highest BCUT2D eigenvalue weighted by molar-refractivity contribution is 5.95. The van der Waals surface area contributed by atoms with Gasteiger partial charge in [0.1, 0.15) is 0 Å². The van der Waals surface area contributed by atoms with Crippen molar-refractivity contribution in [3.8, 4) is 0 Å². The van der Waals surface area contributed by atoms with Crippen LogP contribution in [0.3, 0.4) is 0 Å². The fourth-order valence-corrected chi connectivity index (χ4v) is 1.28. The highest BCUT2D eigenvalue weighted by atomic mass is 16.4. The monoisotopic (exact) mass is 211 g/mol. The average molecular weight is 211 g/mol. The molecule has 0 aliphatic rings. The van der Waals surface area contributed by atoms with Gasteiger partial charge in [0.05, 0.1) is 12.2 Å². The summed E-state index contributed by atoms with van der Waals surface area (Å²) in [6, 6.07) is 3.11. The molecule has 82 valence electrons. The zero-order chi connectivity index (χ0) is 11.3. The van der Waals surface area contributed by atoms with Gasteiger partial charge < -0.3 is 15.3 Å². The van der Waals surface area contributed by atoms with Crippen molar-refractivity contribution in [2.24, 2.45) is 11.7 Å². The zero-order valence-electron chi connectivity index (χ0n) is 8.18. The van der Waals surface area contributed by atoms with Crippen LogP contribution in [0.15, 0.2) is 22.8 Å². The van der Waals surface area contributed by atoms with Crippen molar-refractivity contribution in [2.45, 2.75) is 12.8 Å². The summed E-state index contributed by atoms with van der Waals surface area (Å²) in [5.74, 6) is -1.84. The Balaban J connectivity index is 2.59. The number of carbonyl (C=O) groups is 2. The van der Waals surface area contributed by atoms with E-state index in [1.165, 1.54) is 12.3 Å². The Morgan fingerprint density at radius 2 is 2.27 bits per heavy atom. The number of hydrogen-bond donors (Lipinski definition) is 2. The van der Waals surface area contributed by atoms with Crippen LogP contribution in [0.5, 0.6) is 0 Å². The Morgan fingerprint density at radius 1 is 1.53 bits per heavy atom. The number of carboxylic acid groups (broad SMARTS) is 1. The number of carbonyl (C=O) groups excluding carboxylic acids is 1. The Bertz CT molecular complexity index is 331. The van der Waals surface area contributed by atoms with Crippen molar-refractivity contribution in [3.63, 3.8) is 0 Å². The van der Waals surface area contributed by atoms with Gasteiger partial charge in [0.25, 0.3) is 0 Å². The molecule has 0 spiro atoms. The molecule has 1 unspecified atom stereocenters. The van der Waals surface area contributed by atoms with Crippen LogP contribution in [-0.2, 0) is 4.79 Å². The molecule has 0 aromatic carbocycles. The van der Waals surface area contributed by atoms with E-state index in [4.69, 9.17) is 15.3 Å². The molecule has 0 aliphatic carbocycles. The second kappa shape index (κ2) is 5.31. The van der Waals surface area contributed by atoms with Crippen LogP contribution in [0.25, 0.3) is 0 Å². The first-order valence-corrected chi connectivity index (χ1v) is 4.64. The lowest BCUT2D eigenvalue weighted by molar-refractivity contribution is -0.141. The smallest absolute Gasteiger partial charge is 0.307 e. The van der Waals surface area contributed by atoms with Crippen molar-refractivity contribution >= 4 is 11.8 Å². The summed E-state index contributed by atoms with van der Waals surface area (Å²) in [5, 5.41) is 8.81. The lowest BCUT2D eigenvalue weighted by Gasteiger charge is -2.08. The number of hydrogen-bond acceptors (Lipinski definition) is 4. The molecule has 0 amide bonds. The third-order valence-electron chi connectivity index (χ3n) is 2.09. The van der Waals surface area contributed by atoms with Gasteiger partial charge in [-0.2, -0.15) is 0 Å². The highest BCUT2D eigenvalue weighted by Crippen LogP contribution is 2.13. The maximum atomic E-state index is 11.5. The van der Waals surface area contributed by atoms with Gasteiger partial charge in [0, 0.05) is 6.42 Å². The minimum absolute atomic E-state index is 0.0694. The summed E-state index contributed by atoms with van der Waals surface area (Å²) in [6.07, 6.45) is 1.60. The molecule has 5 nitrogen and oxygen atoms in total. The molecule has 0 saturated carbocycles. The van der Waals surface area contributed by atoms with Crippen molar-refractivity contribution in [2.75, 3.05) is 6.54 Å². The van der Waals surface area contributed by atoms with E-state index in [0.29, 0.717) is 6.42 Å². The molecule has 1 atom stereocenters. The molecule has 0 aliphatic heterocycles. The summed E-state index contributed by atoms with van der Waals surface area (Å²) in [7, 11) is 0. The van der Waals surface area contributed by atoms with E-state index in [-0.39, 0.29) is 24.5 Å². The average Bonchev–Trinajstić information content (AvgIpc) is 2.69. The van der Waals surface area contributed by atoms with Gasteiger partial charge in [0.2, 0.25) is 0 Å². The van der Waals surface area contributed by atoms with E-state index in [1.54, 1.807) is 6.07 Å². The molecule has 0 radical (unpaired) electrons. The normalized spacial score (nSPS) is 12.3. The van der Waals surface area contributed by atoms with Gasteiger partial charge in [-0.1, -0.05) is 0 Å². The summed E-state index contributed by atoms with van der Waals surface area (Å²) < 4.78 is 4.88. The number of rotatable bonds is 6. The maximum Gasteiger partial charge on any atom is 0.307 e. The number of furan rings is 1. The van der Waals surface area contributed by atoms with Crippen molar-refractivity contribution < 1.29 is 19.1 Å². The third-order valence-corrected chi connectivity index (χ3v) is 2.09. The fraction of sp³-hybridized carbons (Fsp3) is 0.400. The van der Waals surface area contributed by atoms with Crippen LogP contribution in [0.1, 0.15) is 23.4 Å². The molecular formula is C10H13NO4. The van der Waals surface area contributed by atoms with Crippen molar-refractivity contribution in [3.05, 3.63) is 24.2 Å². The molecule has 0 bridgehead atoms.